The number of urea groups is 1. The van der Waals surface area contributed by atoms with Crippen LogP contribution in [0.4, 0.5) is 4.79 Å². The van der Waals surface area contributed by atoms with E-state index < -0.39 is 0 Å². The molecule has 0 atom stereocenters. The van der Waals surface area contributed by atoms with Crippen LogP contribution in [0.2, 0.25) is 0 Å². The zero-order valence-corrected chi connectivity index (χ0v) is 3.40. The Hall–Kier alpha value is -0.570. The van der Waals surface area contributed by atoms with Crippen molar-refractivity contribution in [2.45, 2.75) is 0 Å². The molecular weight excluding hydrogens is 80.0 g/mol. The van der Waals surface area contributed by atoms with Crippen molar-refractivity contribution >= 4 is 6.03 Å². The first-order valence-electron chi connectivity index (χ1n) is 1.95. The maximum absolute atomic E-state index is 9.95. The third kappa shape index (κ3) is 0.490. The summed E-state index contributed by atoms with van der Waals surface area (Å²) in [6.45, 7) is 1.88. The Morgan fingerprint density at radius 1 is 1.67 bits per heavy atom. The van der Waals surface area contributed by atoms with Gasteiger partial charge in [-0.3, -0.25) is 0 Å². The largest absolute Gasteiger partial charge is 0.412 e. The molecule has 0 radical (unpaired) electrons. The fourth-order valence-corrected chi connectivity index (χ4v) is 0.309. The summed E-state index contributed by atoms with van der Waals surface area (Å²) in [5.74, 6) is 0. The molecule has 1 aliphatic rings. The van der Waals surface area contributed by atoms with E-state index in [1.54, 1.807) is 0 Å². The number of hydrogen-bond acceptors (Lipinski definition) is 1. The Balaban J connectivity index is 2.31. The topological polar surface area (TPSA) is 47.5 Å². The lowest BCUT2D eigenvalue weighted by Crippen LogP contribution is -2.97. The van der Waals surface area contributed by atoms with E-state index in [2.05, 4.69) is 0 Å². The van der Waals surface area contributed by atoms with E-state index >= 15 is 0 Å². The molecule has 0 bridgehead atoms. The van der Waals surface area contributed by atoms with E-state index in [0.29, 0.717) is 0 Å². The molecule has 3 nitrogen and oxygen atoms in total. The van der Waals surface area contributed by atoms with Gasteiger partial charge in [0.2, 0.25) is 0 Å². The summed E-state index contributed by atoms with van der Waals surface area (Å²) >= 11 is 0. The van der Waals surface area contributed by atoms with Crippen molar-refractivity contribution in [1.29, 1.82) is 0 Å². The van der Waals surface area contributed by atoms with Gasteiger partial charge in [0.05, 0.1) is 0 Å². The first-order chi connectivity index (χ1) is 2.80. The van der Waals surface area contributed by atoms with Crippen molar-refractivity contribution in [3.05, 3.63) is 0 Å². The molecule has 1 aliphatic heterocycles. The van der Waals surface area contributed by atoms with Crippen LogP contribution >= 0.6 is 0 Å². The van der Waals surface area contributed by atoms with Crippen LogP contribution in [-0.2, 0) is 0 Å². The van der Waals surface area contributed by atoms with Crippen LogP contribution in [-0.4, -0.2) is 19.1 Å². The molecule has 0 aromatic rings. The lowest BCUT2D eigenvalue weighted by atomic mass is 11.0. The Bertz CT molecular complexity index is 76.9. The Kier molecular flexibility index (Phi) is 0.569. The van der Waals surface area contributed by atoms with Crippen molar-refractivity contribution in [2.24, 2.45) is 5.73 Å². The summed E-state index contributed by atoms with van der Waals surface area (Å²) in [5.41, 5.74) is 4.82. The average Bonchev–Trinajstić information content (AvgIpc) is 2.06. The highest BCUT2D eigenvalue weighted by Crippen LogP contribution is 1.58. The normalized spacial score (nSPS) is 20.7. The quantitative estimate of drug-likeness (QED) is 0.329. The van der Waals surface area contributed by atoms with E-state index in [1.165, 1.54) is 0 Å². The number of rotatable bonds is 0. The number of carbonyl (C=O) groups excluding carboxylic acids is 1. The zero-order chi connectivity index (χ0) is 4.57. The summed E-state index contributed by atoms with van der Waals surface area (Å²) in [7, 11) is 0. The molecule has 1 fully saturated rings. The molecule has 3 N–H and O–H groups in total. The molecule has 1 rings (SSSR count). The van der Waals surface area contributed by atoms with E-state index in [0.717, 1.165) is 18.0 Å². The Morgan fingerprint density at radius 3 is 2.17 bits per heavy atom. The van der Waals surface area contributed by atoms with Gasteiger partial charge < -0.3 is 5.73 Å². The van der Waals surface area contributed by atoms with Gasteiger partial charge >= 0.3 is 6.03 Å². The number of nitrogens with one attached hydrogen (secondary N) is 1. The van der Waals surface area contributed by atoms with E-state index in [1.807, 2.05) is 0 Å². The van der Waals surface area contributed by atoms with Gasteiger partial charge in [0.1, 0.15) is 13.1 Å². The summed E-state index contributed by atoms with van der Waals surface area (Å²) in [5, 5.41) is 0. The van der Waals surface area contributed by atoms with Crippen LogP contribution in [0.15, 0.2) is 0 Å². The molecule has 2 amide bonds. The lowest BCUT2D eigenvalue weighted by Gasteiger charge is -1.77. The van der Waals surface area contributed by atoms with Gasteiger partial charge in [-0.25, -0.2) is 9.69 Å². The van der Waals surface area contributed by atoms with Gasteiger partial charge in [-0.15, -0.1) is 0 Å². The second kappa shape index (κ2) is 0.944. The molecule has 0 aromatic carbocycles. The molecular formula is C3H7N2O+. The molecule has 6 heavy (non-hydrogen) atoms. The number of primary amides is 1. The predicted octanol–water partition coefficient (Wildman–Crippen LogP) is -2.04. The third-order valence-corrected chi connectivity index (χ3v) is 0.848. The molecule has 3 heteroatoms. The highest BCUT2D eigenvalue weighted by atomic mass is 16.2. The molecule has 0 spiro atoms. The second-order valence-corrected chi connectivity index (χ2v) is 1.47. The maximum Gasteiger partial charge on any atom is 0.412 e. The summed E-state index contributed by atoms with van der Waals surface area (Å²) in [4.78, 5) is 10.8. The molecule has 1 saturated heterocycles. The van der Waals surface area contributed by atoms with Crippen LogP contribution in [0.5, 0.6) is 0 Å². The van der Waals surface area contributed by atoms with Crippen LogP contribution < -0.4 is 10.6 Å². The van der Waals surface area contributed by atoms with E-state index in [4.69, 9.17) is 5.73 Å². The molecule has 0 unspecified atom stereocenters. The van der Waals surface area contributed by atoms with E-state index in [9.17, 15) is 4.79 Å². The highest BCUT2D eigenvalue weighted by molar-refractivity contribution is 5.62. The average molecular weight is 87.1 g/mol. The van der Waals surface area contributed by atoms with Crippen LogP contribution in [0, 0.1) is 0 Å². The number of carbonyl (C=O) groups is 1. The standard InChI is InChI=1S/C3H6N2O/c4-3(6)5-1-2-5/h1-2H2,(H2,4,6)/p+1. The minimum atomic E-state index is -0.213. The zero-order valence-electron chi connectivity index (χ0n) is 3.40. The summed E-state index contributed by atoms with van der Waals surface area (Å²) < 4.78 is 0. The molecule has 0 aliphatic carbocycles. The number of quaternary nitrogens is 1. The fourth-order valence-electron chi connectivity index (χ4n) is 0.309. The highest BCUT2D eigenvalue weighted by Gasteiger charge is 2.28. The Morgan fingerprint density at radius 2 is 2.17 bits per heavy atom. The van der Waals surface area contributed by atoms with Gasteiger partial charge in [-0.1, -0.05) is 0 Å². The number of nitrogens with two attached hydrogens (primary N) is 1. The first-order valence-corrected chi connectivity index (χ1v) is 1.95. The van der Waals surface area contributed by atoms with Gasteiger partial charge in [-0.05, 0) is 0 Å². The third-order valence-electron chi connectivity index (χ3n) is 0.848. The van der Waals surface area contributed by atoms with Crippen molar-refractivity contribution in [1.82, 2.24) is 0 Å². The molecule has 0 aromatic heterocycles. The molecule has 1 heterocycles. The monoisotopic (exact) mass is 87.1 g/mol. The first kappa shape index (κ1) is 3.61. The smallest absolute Gasteiger partial charge is 0.319 e. The minimum Gasteiger partial charge on any atom is -0.319 e. The van der Waals surface area contributed by atoms with Crippen molar-refractivity contribution in [3.8, 4) is 0 Å². The number of amides is 2. The van der Waals surface area contributed by atoms with Crippen molar-refractivity contribution in [2.75, 3.05) is 13.1 Å². The van der Waals surface area contributed by atoms with Gasteiger partial charge in [0.25, 0.3) is 0 Å². The van der Waals surface area contributed by atoms with Gasteiger partial charge in [0, 0.05) is 0 Å². The van der Waals surface area contributed by atoms with Crippen LogP contribution in [0.1, 0.15) is 0 Å². The molecule has 34 valence electrons. The second-order valence-electron chi connectivity index (χ2n) is 1.47. The van der Waals surface area contributed by atoms with Crippen LogP contribution in [0.3, 0.4) is 0 Å². The van der Waals surface area contributed by atoms with Crippen LogP contribution in [0.25, 0.3) is 0 Å². The van der Waals surface area contributed by atoms with Gasteiger partial charge in [0.15, 0.2) is 0 Å². The molecule has 0 saturated carbocycles. The van der Waals surface area contributed by atoms with E-state index in [-0.39, 0.29) is 6.03 Å². The number of hydrogen-bond donors (Lipinski definition) is 2. The summed E-state index contributed by atoms with van der Waals surface area (Å²) in [6, 6.07) is -0.213. The van der Waals surface area contributed by atoms with Crippen molar-refractivity contribution in [3.63, 3.8) is 0 Å². The maximum atomic E-state index is 9.95. The van der Waals surface area contributed by atoms with Crippen molar-refractivity contribution < 1.29 is 9.69 Å². The predicted molar refractivity (Wildman–Crippen MR) is 20.3 cm³/mol. The Labute approximate surface area is 35.7 Å². The summed E-state index contributed by atoms with van der Waals surface area (Å²) in [6.07, 6.45) is 0. The van der Waals surface area contributed by atoms with Gasteiger partial charge in [-0.2, -0.15) is 0 Å². The lowest BCUT2D eigenvalue weighted by molar-refractivity contribution is -0.659. The fraction of sp³-hybridized carbons (Fsp3) is 0.667. The minimum absolute atomic E-state index is 0.213. The SMILES string of the molecule is NC(=O)[NH+]1CC1.